The largest absolute Gasteiger partial charge is 0.328 e. The monoisotopic (exact) mass is 256 g/mol. The summed E-state index contributed by atoms with van der Waals surface area (Å²) < 4.78 is 0. The van der Waals surface area contributed by atoms with E-state index in [0.717, 1.165) is 18.9 Å². The second-order valence-corrected chi connectivity index (χ2v) is 6.26. The summed E-state index contributed by atoms with van der Waals surface area (Å²) in [7, 11) is 0. The highest BCUT2D eigenvalue weighted by atomic mass is 14.9. The molecule has 0 rings (SSSR count). The standard InChI is InChI=1S/C16H36N2/c1-5-6-7-8-9-10-11-16(17)12-15(4)18-13-14(2)3/h14-16,18H,5-13,17H2,1-4H3. The number of nitrogens with one attached hydrogen (secondary N) is 1. The normalized spacial score (nSPS) is 15.0. The summed E-state index contributed by atoms with van der Waals surface area (Å²) in [5, 5.41) is 3.55. The molecule has 0 spiro atoms. The van der Waals surface area contributed by atoms with E-state index in [-0.39, 0.29) is 0 Å². The molecule has 0 aromatic heterocycles. The number of hydrogen-bond acceptors (Lipinski definition) is 2. The molecule has 2 atom stereocenters. The fourth-order valence-corrected chi connectivity index (χ4v) is 2.28. The number of hydrogen-bond donors (Lipinski definition) is 2. The van der Waals surface area contributed by atoms with Crippen LogP contribution in [0.4, 0.5) is 0 Å². The van der Waals surface area contributed by atoms with Crippen LogP contribution in [0.2, 0.25) is 0 Å². The summed E-state index contributed by atoms with van der Waals surface area (Å²) in [6, 6.07) is 0.938. The molecule has 0 aromatic rings. The third-order valence-corrected chi connectivity index (χ3v) is 3.46. The van der Waals surface area contributed by atoms with Crippen LogP contribution in [-0.4, -0.2) is 18.6 Å². The maximum Gasteiger partial charge on any atom is 0.00535 e. The molecule has 0 heterocycles. The average Bonchev–Trinajstić information content (AvgIpc) is 2.31. The maximum absolute atomic E-state index is 6.18. The van der Waals surface area contributed by atoms with Crippen molar-refractivity contribution in [3.63, 3.8) is 0 Å². The van der Waals surface area contributed by atoms with Gasteiger partial charge in [0, 0.05) is 12.1 Å². The van der Waals surface area contributed by atoms with Gasteiger partial charge in [0.1, 0.15) is 0 Å². The lowest BCUT2D eigenvalue weighted by molar-refractivity contribution is 0.413. The zero-order chi connectivity index (χ0) is 13.8. The molecule has 0 radical (unpaired) electrons. The summed E-state index contributed by atoms with van der Waals surface area (Å²) in [5.74, 6) is 0.724. The molecule has 0 saturated heterocycles. The fourth-order valence-electron chi connectivity index (χ4n) is 2.28. The molecule has 0 bridgehead atoms. The smallest absolute Gasteiger partial charge is 0.00535 e. The van der Waals surface area contributed by atoms with Gasteiger partial charge >= 0.3 is 0 Å². The third-order valence-electron chi connectivity index (χ3n) is 3.46. The molecule has 0 fully saturated rings. The number of nitrogens with two attached hydrogens (primary N) is 1. The Hall–Kier alpha value is -0.0800. The van der Waals surface area contributed by atoms with Crippen molar-refractivity contribution in [2.75, 3.05) is 6.54 Å². The van der Waals surface area contributed by atoms with Crippen molar-refractivity contribution in [1.82, 2.24) is 5.32 Å². The minimum atomic E-state index is 0.380. The zero-order valence-electron chi connectivity index (χ0n) is 13.2. The second kappa shape index (κ2) is 12.0. The van der Waals surface area contributed by atoms with E-state index >= 15 is 0 Å². The number of rotatable bonds is 12. The minimum absolute atomic E-state index is 0.380. The first kappa shape index (κ1) is 17.9. The Bertz CT molecular complexity index is 168. The van der Waals surface area contributed by atoms with Crippen molar-refractivity contribution in [3.8, 4) is 0 Å². The van der Waals surface area contributed by atoms with E-state index in [4.69, 9.17) is 5.73 Å². The van der Waals surface area contributed by atoms with Crippen LogP contribution in [-0.2, 0) is 0 Å². The van der Waals surface area contributed by atoms with Gasteiger partial charge in [-0.2, -0.15) is 0 Å². The van der Waals surface area contributed by atoms with Crippen molar-refractivity contribution in [1.29, 1.82) is 0 Å². The highest BCUT2D eigenvalue weighted by Gasteiger charge is 2.08. The van der Waals surface area contributed by atoms with Crippen LogP contribution in [0.3, 0.4) is 0 Å². The van der Waals surface area contributed by atoms with E-state index in [1.54, 1.807) is 0 Å². The SMILES string of the molecule is CCCCCCCCC(N)CC(C)NCC(C)C. The Morgan fingerprint density at radius 2 is 1.56 bits per heavy atom. The van der Waals surface area contributed by atoms with Crippen molar-refractivity contribution in [3.05, 3.63) is 0 Å². The minimum Gasteiger partial charge on any atom is -0.328 e. The maximum atomic E-state index is 6.18. The molecule has 0 saturated carbocycles. The Morgan fingerprint density at radius 1 is 0.944 bits per heavy atom. The Morgan fingerprint density at radius 3 is 2.17 bits per heavy atom. The van der Waals surface area contributed by atoms with Gasteiger partial charge in [-0.15, -0.1) is 0 Å². The van der Waals surface area contributed by atoms with Gasteiger partial charge in [-0.1, -0.05) is 59.3 Å². The predicted octanol–water partition coefficient (Wildman–Crippen LogP) is 4.09. The van der Waals surface area contributed by atoms with Crippen molar-refractivity contribution >= 4 is 0 Å². The molecule has 18 heavy (non-hydrogen) atoms. The lowest BCUT2D eigenvalue weighted by Gasteiger charge is -2.19. The molecule has 3 N–H and O–H groups in total. The van der Waals surface area contributed by atoms with Gasteiger partial charge in [0.25, 0.3) is 0 Å². The van der Waals surface area contributed by atoms with Crippen LogP contribution in [0, 0.1) is 5.92 Å². The van der Waals surface area contributed by atoms with Gasteiger partial charge in [-0.25, -0.2) is 0 Å². The molecule has 110 valence electrons. The molecule has 2 unspecified atom stereocenters. The molecule has 0 aliphatic carbocycles. The summed E-state index contributed by atoms with van der Waals surface area (Å²) in [4.78, 5) is 0. The zero-order valence-corrected chi connectivity index (χ0v) is 13.2. The first-order chi connectivity index (χ1) is 8.56. The Balaban J connectivity index is 3.38. The summed E-state index contributed by atoms with van der Waals surface area (Å²) in [6.45, 7) is 10.1. The second-order valence-electron chi connectivity index (χ2n) is 6.26. The fraction of sp³-hybridized carbons (Fsp3) is 1.00. The van der Waals surface area contributed by atoms with Crippen molar-refractivity contribution in [2.24, 2.45) is 11.7 Å². The van der Waals surface area contributed by atoms with E-state index in [1.807, 2.05) is 0 Å². The Labute approximate surface area is 115 Å². The van der Waals surface area contributed by atoms with Crippen LogP contribution in [0.5, 0.6) is 0 Å². The topological polar surface area (TPSA) is 38.0 Å². The third kappa shape index (κ3) is 12.4. The molecule has 2 nitrogen and oxygen atoms in total. The molecule has 0 aliphatic heterocycles. The van der Waals surface area contributed by atoms with Gasteiger partial charge in [0.15, 0.2) is 0 Å². The molecule has 2 heteroatoms. The van der Waals surface area contributed by atoms with E-state index < -0.39 is 0 Å². The molecule has 0 aromatic carbocycles. The van der Waals surface area contributed by atoms with E-state index in [1.165, 1.54) is 44.9 Å². The molecule has 0 aliphatic rings. The summed E-state index contributed by atoms with van der Waals surface area (Å²) >= 11 is 0. The van der Waals surface area contributed by atoms with Crippen LogP contribution in [0.1, 0.15) is 79.1 Å². The summed E-state index contributed by atoms with van der Waals surface area (Å²) in [5.41, 5.74) is 6.18. The average molecular weight is 256 g/mol. The van der Waals surface area contributed by atoms with Gasteiger partial charge < -0.3 is 11.1 Å². The lowest BCUT2D eigenvalue weighted by Crippen LogP contribution is -2.35. The van der Waals surface area contributed by atoms with E-state index in [2.05, 4.69) is 33.0 Å². The van der Waals surface area contributed by atoms with Gasteiger partial charge in [-0.05, 0) is 32.2 Å². The van der Waals surface area contributed by atoms with Crippen molar-refractivity contribution in [2.45, 2.75) is 91.1 Å². The van der Waals surface area contributed by atoms with Crippen LogP contribution < -0.4 is 11.1 Å². The first-order valence-electron chi connectivity index (χ1n) is 8.05. The Kier molecular flexibility index (Phi) is 11.9. The quantitative estimate of drug-likeness (QED) is 0.516. The highest BCUT2D eigenvalue weighted by Crippen LogP contribution is 2.10. The predicted molar refractivity (Wildman–Crippen MR) is 82.9 cm³/mol. The first-order valence-corrected chi connectivity index (χ1v) is 8.05. The number of unbranched alkanes of at least 4 members (excludes halogenated alkanes) is 5. The van der Waals surface area contributed by atoms with Gasteiger partial charge in [0.05, 0.1) is 0 Å². The van der Waals surface area contributed by atoms with Gasteiger partial charge in [-0.3, -0.25) is 0 Å². The van der Waals surface area contributed by atoms with E-state index in [0.29, 0.717) is 12.1 Å². The molecular formula is C16H36N2. The molecule has 0 amide bonds. The molecular weight excluding hydrogens is 220 g/mol. The van der Waals surface area contributed by atoms with Crippen LogP contribution >= 0.6 is 0 Å². The van der Waals surface area contributed by atoms with E-state index in [9.17, 15) is 0 Å². The van der Waals surface area contributed by atoms with Crippen LogP contribution in [0.25, 0.3) is 0 Å². The van der Waals surface area contributed by atoms with Gasteiger partial charge in [0.2, 0.25) is 0 Å². The summed E-state index contributed by atoms with van der Waals surface area (Å²) in [6.07, 6.45) is 10.5. The van der Waals surface area contributed by atoms with Crippen LogP contribution in [0.15, 0.2) is 0 Å². The lowest BCUT2D eigenvalue weighted by atomic mass is 10.0. The van der Waals surface area contributed by atoms with Crippen molar-refractivity contribution < 1.29 is 0 Å². The highest BCUT2D eigenvalue weighted by molar-refractivity contribution is 4.70.